The zero-order valence-electron chi connectivity index (χ0n) is 17.2. The van der Waals surface area contributed by atoms with Crippen LogP contribution in [0.4, 0.5) is 5.69 Å². The summed E-state index contributed by atoms with van der Waals surface area (Å²) in [7, 11) is 4.30. The molecule has 0 fully saturated rings. The Bertz CT molecular complexity index is 812. The van der Waals surface area contributed by atoms with Gasteiger partial charge in [-0.15, -0.1) is 0 Å². The number of nitrogens with zero attached hydrogens (tertiary/aromatic N) is 2. The summed E-state index contributed by atoms with van der Waals surface area (Å²) in [6.07, 6.45) is 3.31. The van der Waals surface area contributed by atoms with E-state index in [0.717, 1.165) is 38.9 Å². The zero-order valence-corrected chi connectivity index (χ0v) is 17.2. The average Bonchev–Trinajstić information content (AvgIpc) is 2.73. The van der Waals surface area contributed by atoms with Crippen LogP contribution in [0.2, 0.25) is 0 Å². The topological polar surface area (TPSA) is 6.48 Å². The lowest BCUT2D eigenvalue weighted by Gasteiger charge is -2.28. The van der Waals surface area contributed by atoms with Crippen molar-refractivity contribution in [3.8, 4) is 0 Å². The summed E-state index contributed by atoms with van der Waals surface area (Å²) in [5.74, 6) is 0. The van der Waals surface area contributed by atoms with Gasteiger partial charge < -0.3 is 9.80 Å². The summed E-state index contributed by atoms with van der Waals surface area (Å²) in [6.45, 7) is 3.13. The van der Waals surface area contributed by atoms with Gasteiger partial charge in [0.25, 0.3) is 0 Å². The van der Waals surface area contributed by atoms with Crippen molar-refractivity contribution < 1.29 is 0 Å². The number of para-hydroxylation sites is 1. The van der Waals surface area contributed by atoms with Crippen LogP contribution >= 0.6 is 0 Å². The van der Waals surface area contributed by atoms with E-state index >= 15 is 0 Å². The molecular formula is C26H32N2. The van der Waals surface area contributed by atoms with Gasteiger partial charge >= 0.3 is 0 Å². The smallest absolute Gasteiger partial charge is 0.0429 e. The molecule has 0 aromatic heterocycles. The Labute approximate surface area is 170 Å². The number of hydrogen-bond donors (Lipinski definition) is 0. The minimum absolute atomic E-state index is 0.955. The Morgan fingerprint density at radius 1 is 0.607 bits per heavy atom. The highest BCUT2D eigenvalue weighted by Gasteiger charge is 2.12. The molecule has 2 heteroatoms. The highest BCUT2D eigenvalue weighted by Crippen LogP contribution is 2.24. The number of hydrogen-bond acceptors (Lipinski definition) is 2. The van der Waals surface area contributed by atoms with Crippen LogP contribution in [0, 0.1) is 0 Å². The Morgan fingerprint density at radius 2 is 1.21 bits per heavy atom. The molecule has 3 rings (SSSR count). The molecule has 0 spiro atoms. The number of aryl methyl sites for hydroxylation is 2. The molecule has 0 atom stereocenters. The SMILES string of the molecule is CN(C)CCCN(Cc1ccccc1)c1ccccc1CCc1ccccc1. The molecule has 0 aliphatic heterocycles. The highest BCUT2D eigenvalue weighted by atomic mass is 15.1. The minimum Gasteiger partial charge on any atom is -0.367 e. The molecule has 0 heterocycles. The third kappa shape index (κ3) is 6.24. The van der Waals surface area contributed by atoms with Gasteiger partial charge in [0.15, 0.2) is 0 Å². The molecule has 28 heavy (non-hydrogen) atoms. The molecule has 0 aliphatic rings. The van der Waals surface area contributed by atoms with Crippen LogP contribution in [-0.2, 0) is 19.4 Å². The second kappa shape index (κ2) is 10.7. The molecule has 3 aromatic rings. The number of anilines is 1. The maximum Gasteiger partial charge on any atom is 0.0429 e. The molecule has 0 N–H and O–H groups in total. The van der Waals surface area contributed by atoms with Crippen LogP contribution in [0.5, 0.6) is 0 Å². The Balaban J connectivity index is 1.77. The predicted octanol–water partition coefficient (Wildman–Crippen LogP) is 5.43. The van der Waals surface area contributed by atoms with Crippen molar-refractivity contribution in [3.05, 3.63) is 102 Å². The van der Waals surface area contributed by atoms with Crippen LogP contribution in [0.1, 0.15) is 23.1 Å². The first-order valence-corrected chi connectivity index (χ1v) is 10.3. The van der Waals surface area contributed by atoms with Crippen LogP contribution in [0.3, 0.4) is 0 Å². The zero-order chi connectivity index (χ0) is 19.6. The molecule has 0 amide bonds. The summed E-state index contributed by atoms with van der Waals surface area (Å²) in [6, 6.07) is 30.5. The molecule has 0 bridgehead atoms. The van der Waals surface area contributed by atoms with E-state index < -0.39 is 0 Å². The van der Waals surface area contributed by atoms with Gasteiger partial charge in [-0.25, -0.2) is 0 Å². The third-order valence-corrected chi connectivity index (χ3v) is 5.11. The van der Waals surface area contributed by atoms with Crippen molar-refractivity contribution in [1.29, 1.82) is 0 Å². The van der Waals surface area contributed by atoms with Crippen molar-refractivity contribution in [2.24, 2.45) is 0 Å². The highest BCUT2D eigenvalue weighted by molar-refractivity contribution is 5.54. The van der Waals surface area contributed by atoms with Crippen molar-refractivity contribution in [2.75, 3.05) is 32.1 Å². The lowest BCUT2D eigenvalue weighted by atomic mass is 10.0. The number of benzene rings is 3. The Kier molecular flexibility index (Phi) is 7.69. The summed E-state index contributed by atoms with van der Waals surface area (Å²) >= 11 is 0. The Morgan fingerprint density at radius 3 is 1.89 bits per heavy atom. The van der Waals surface area contributed by atoms with Gasteiger partial charge in [-0.05, 0) is 62.7 Å². The maximum atomic E-state index is 2.55. The Hall–Kier alpha value is -2.58. The molecule has 0 unspecified atom stereocenters. The molecule has 3 aromatic carbocycles. The van der Waals surface area contributed by atoms with Crippen molar-refractivity contribution >= 4 is 5.69 Å². The first-order valence-electron chi connectivity index (χ1n) is 10.3. The van der Waals surface area contributed by atoms with Gasteiger partial charge in [-0.3, -0.25) is 0 Å². The van der Waals surface area contributed by atoms with E-state index in [2.05, 4.69) is 109 Å². The molecule has 146 valence electrons. The van der Waals surface area contributed by atoms with Gasteiger partial charge in [-0.2, -0.15) is 0 Å². The van der Waals surface area contributed by atoms with Crippen LogP contribution in [0.15, 0.2) is 84.9 Å². The van der Waals surface area contributed by atoms with Crippen molar-refractivity contribution in [3.63, 3.8) is 0 Å². The average molecular weight is 373 g/mol. The fraction of sp³-hybridized carbons (Fsp3) is 0.308. The van der Waals surface area contributed by atoms with E-state index in [1.54, 1.807) is 0 Å². The molecule has 0 saturated carbocycles. The fourth-order valence-electron chi connectivity index (χ4n) is 3.62. The summed E-state index contributed by atoms with van der Waals surface area (Å²) < 4.78 is 0. The lowest BCUT2D eigenvalue weighted by molar-refractivity contribution is 0.400. The predicted molar refractivity (Wildman–Crippen MR) is 121 cm³/mol. The standard InChI is InChI=1S/C26H32N2/c1-27(2)20-11-21-28(22-24-14-7-4-8-15-24)26-17-10-9-16-25(26)19-18-23-12-5-3-6-13-23/h3-10,12-17H,11,18-22H2,1-2H3. The van der Waals surface area contributed by atoms with Gasteiger partial charge in [0.1, 0.15) is 0 Å². The summed E-state index contributed by atoms with van der Waals surface area (Å²) in [4.78, 5) is 4.82. The van der Waals surface area contributed by atoms with E-state index in [0.29, 0.717) is 0 Å². The second-order valence-electron chi connectivity index (χ2n) is 7.68. The van der Waals surface area contributed by atoms with E-state index in [1.165, 1.54) is 22.4 Å². The van der Waals surface area contributed by atoms with Gasteiger partial charge in [0.2, 0.25) is 0 Å². The van der Waals surface area contributed by atoms with E-state index in [1.807, 2.05) is 0 Å². The normalized spacial score (nSPS) is 11.0. The van der Waals surface area contributed by atoms with Gasteiger partial charge in [-0.1, -0.05) is 78.9 Å². The molecule has 2 nitrogen and oxygen atoms in total. The molecule has 0 aliphatic carbocycles. The van der Waals surface area contributed by atoms with Crippen molar-refractivity contribution in [1.82, 2.24) is 4.90 Å². The van der Waals surface area contributed by atoms with Crippen molar-refractivity contribution in [2.45, 2.75) is 25.8 Å². The van der Waals surface area contributed by atoms with Crippen LogP contribution in [0.25, 0.3) is 0 Å². The van der Waals surface area contributed by atoms with E-state index in [4.69, 9.17) is 0 Å². The second-order valence-corrected chi connectivity index (χ2v) is 7.68. The quantitative estimate of drug-likeness (QED) is 0.468. The van der Waals surface area contributed by atoms with Crippen LogP contribution < -0.4 is 4.90 Å². The fourth-order valence-corrected chi connectivity index (χ4v) is 3.62. The molecular weight excluding hydrogens is 340 g/mol. The monoisotopic (exact) mass is 372 g/mol. The lowest BCUT2D eigenvalue weighted by Crippen LogP contribution is -2.27. The van der Waals surface area contributed by atoms with Crippen LogP contribution in [-0.4, -0.2) is 32.1 Å². The van der Waals surface area contributed by atoms with E-state index in [9.17, 15) is 0 Å². The minimum atomic E-state index is 0.955. The first kappa shape index (κ1) is 20.2. The summed E-state index contributed by atoms with van der Waals surface area (Å²) in [5.41, 5.74) is 5.58. The first-order chi connectivity index (χ1) is 13.7. The third-order valence-electron chi connectivity index (χ3n) is 5.11. The van der Waals surface area contributed by atoms with E-state index in [-0.39, 0.29) is 0 Å². The molecule has 0 radical (unpaired) electrons. The van der Waals surface area contributed by atoms with Gasteiger partial charge in [0, 0.05) is 18.8 Å². The number of rotatable bonds is 10. The largest absolute Gasteiger partial charge is 0.367 e. The van der Waals surface area contributed by atoms with Gasteiger partial charge in [0.05, 0.1) is 0 Å². The maximum absolute atomic E-state index is 2.55. The summed E-state index contributed by atoms with van der Waals surface area (Å²) in [5, 5.41) is 0. The molecule has 0 saturated heterocycles.